The molecule has 0 aliphatic carbocycles. The third kappa shape index (κ3) is 4.08. The Morgan fingerprint density at radius 2 is 2.00 bits per heavy atom. The molecule has 0 bridgehead atoms. The molecule has 2 aromatic heterocycles. The van der Waals surface area contributed by atoms with Crippen molar-refractivity contribution < 1.29 is 4.74 Å². The van der Waals surface area contributed by atoms with Gasteiger partial charge in [0.1, 0.15) is 5.82 Å². The van der Waals surface area contributed by atoms with Gasteiger partial charge in [-0.1, -0.05) is 30.3 Å². The van der Waals surface area contributed by atoms with Crippen molar-refractivity contribution in [3.8, 4) is 11.3 Å². The molecule has 0 amide bonds. The molecule has 3 atom stereocenters. The van der Waals surface area contributed by atoms with Crippen molar-refractivity contribution >= 4 is 11.8 Å². The van der Waals surface area contributed by atoms with Gasteiger partial charge in [0.25, 0.3) is 0 Å². The fourth-order valence-electron chi connectivity index (χ4n) is 3.89. The third-order valence-electron chi connectivity index (χ3n) is 5.43. The van der Waals surface area contributed by atoms with Crippen LogP contribution in [0.2, 0.25) is 0 Å². The number of benzene rings is 1. The van der Waals surface area contributed by atoms with E-state index in [-0.39, 0.29) is 24.1 Å². The van der Waals surface area contributed by atoms with E-state index in [4.69, 9.17) is 15.6 Å². The number of aromatic nitrogens is 4. The molecule has 0 spiro atoms. The van der Waals surface area contributed by atoms with Crippen molar-refractivity contribution in [2.75, 3.05) is 30.8 Å². The van der Waals surface area contributed by atoms with E-state index in [0.29, 0.717) is 0 Å². The number of aryl methyl sites for hydroxylation is 1. The van der Waals surface area contributed by atoms with Crippen LogP contribution in [0.25, 0.3) is 11.3 Å². The molecule has 1 aromatic carbocycles. The minimum absolute atomic E-state index is 0.0472. The summed E-state index contributed by atoms with van der Waals surface area (Å²) in [6, 6.07) is 14.5. The molecule has 3 N–H and O–H groups in total. The van der Waals surface area contributed by atoms with E-state index in [1.807, 2.05) is 36.0 Å². The van der Waals surface area contributed by atoms with Crippen LogP contribution in [0.15, 0.2) is 48.7 Å². The molecule has 3 aromatic rings. The van der Waals surface area contributed by atoms with E-state index >= 15 is 0 Å². The lowest BCUT2D eigenvalue weighted by Crippen LogP contribution is -2.41. The van der Waals surface area contributed by atoms with E-state index in [9.17, 15) is 0 Å². The minimum Gasteiger partial charge on any atom is -0.378 e. The highest BCUT2D eigenvalue weighted by Gasteiger charge is 2.35. The van der Waals surface area contributed by atoms with Gasteiger partial charge in [-0.15, -0.1) is 0 Å². The monoisotopic (exact) mass is 393 g/mol. The summed E-state index contributed by atoms with van der Waals surface area (Å²) < 4.78 is 7.67. The second kappa shape index (κ2) is 8.18. The predicted octanol–water partition coefficient (Wildman–Crippen LogP) is 2.01. The molecule has 8 nitrogen and oxygen atoms in total. The average Bonchev–Trinajstić information content (AvgIpc) is 3.32. The quantitative estimate of drug-likeness (QED) is 0.662. The molecule has 29 heavy (non-hydrogen) atoms. The van der Waals surface area contributed by atoms with Crippen molar-refractivity contribution in [2.45, 2.75) is 25.1 Å². The molecule has 152 valence electrons. The number of anilines is 2. The highest BCUT2D eigenvalue weighted by molar-refractivity contribution is 5.59. The summed E-state index contributed by atoms with van der Waals surface area (Å²) in [5.41, 5.74) is 9.00. The second-order valence-electron chi connectivity index (χ2n) is 7.39. The normalized spacial score (nSPS) is 20.2. The number of ether oxygens (including phenoxy) is 1. The van der Waals surface area contributed by atoms with Crippen LogP contribution in [0.4, 0.5) is 11.8 Å². The smallest absolute Gasteiger partial charge is 0.221 e. The maximum absolute atomic E-state index is 5.74. The molecular formula is C21H27N7O. The van der Waals surface area contributed by atoms with Crippen LogP contribution in [-0.2, 0) is 11.8 Å². The summed E-state index contributed by atoms with van der Waals surface area (Å²) >= 11 is 0. The molecule has 1 fully saturated rings. The fraction of sp³-hybridized carbons (Fsp3) is 0.381. The molecular weight excluding hydrogens is 366 g/mol. The number of nitrogen functional groups attached to an aromatic ring is 1. The van der Waals surface area contributed by atoms with E-state index in [1.54, 1.807) is 13.3 Å². The van der Waals surface area contributed by atoms with Gasteiger partial charge in [-0.2, -0.15) is 10.1 Å². The largest absolute Gasteiger partial charge is 0.378 e. The van der Waals surface area contributed by atoms with Crippen LogP contribution in [0.1, 0.15) is 18.7 Å². The van der Waals surface area contributed by atoms with Crippen LogP contribution in [-0.4, -0.2) is 52.1 Å². The second-order valence-corrected chi connectivity index (χ2v) is 7.39. The number of hydrogen-bond acceptors (Lipinski definition) is 7. The molecule has 1 aliphatic heterocycles. The first-order valence-electron chi connectivity index (χ1n) is 9.77. The van der Waals surface area contributed by atoms with Gasteiger partial charge in [-0.3, -0.25) is 4.68 Å². The molecule has 1 aliphatic rings. The number of methoxy groups -OCH3 is 1. The van der Waals surface area contributed by atoms with Gasteiger partial charge < -0.3 is 20.7 Å². The number of nitrogens with two attached hydrogens (primary N) is 1. The fourth-order valence-corrected chi connectivity index (χ4v) is 3.89. The van der Waals surface area contributed by atoms with Gasteiger partial charge in [-0.05, 0) is 24.6 Å². The molecule has 0 saturated carbocycles. The summed E-state index contributed by atoms with van der Waals surface area (Å²) in [7, 11) is 3.73. The van der Waals surface area contributed by atoms with E-state index in [1.165, 1.54) is 0 Å². The van der Waals surface area contributed by atoms with Crippen molar-refractivity contribution in [3.63, 3.8) is 0 Å². The molecule has 1 saturated heterocycles. The Labute approximate surface area is 170 Å². The van der Waals surface area contributed by atoms with Crippen molar-refractivity contribution in [2.24, 2.45) is 7.05 Å². The van der Waals surface area contributed by atoms with Gasteiger partial charge in [0.2, 0.25) is 5.95 Å². The van der Waals surface area contributed by atoms with Gasteiger partial charge in [0.05, 0.1) is 23.5 Å². The Balaban J connectivity index is 1.48. The first-order chi connectivity index (χ1) is 14.0. The van der Waals surface area contributed by atoms with E-state index in [2.05, 4.69) is 45.3 Å². The average molecular weight is 393 g/mol. The molecule has 1 unspecified atom stereocenters. The maximum Gasteiger partial charge on any atom is 0.221 e. The molecule has 4 rings (SSSR count). The summed E-state index contributed by atoms with van der Waals surface area (Å²) in [4.78, 5) is 10.5. The minimum atomic E-state index is 0.0472. The lowest BCUT2D eigenvalue weighted by Gasteiger charge is -2.22. The van der Waals surface area contributed by atoms with Crippen LogP contribution >= 0.6 is 0 Å². The zero-order valence-corrected chi connectivity index (χ0v) is 17.0. The lowest BCUT2D eigenvalue weighted by molar-refractivity contribution is 0.0936. The Morgan fingerprint density at radius 3 is 2.72 bits per heavy atom. The van der Waals surface area contributed by atoms with E-state index in [0.717, 1.165) is 35.9 Å². The number of hydrogen-bond donors (Lipinski definition) is 2. The van der Waals surface area contributed by atoms with Crippen molar-refractivity contribution in [1.29, 1.82) is 0 Å². The van der Waals surface area contributed by atoms with Crippen LogP contribution in [0.3, 0.4) is 0 Å². The summed E-state index contributed by atoms with van der Waals surface area (Å²) in [5, 5.41) is 8.42. The molecule has 8 heteroatoms. The zero-order valence-electron chi connectivity index (χ0n) is 17.0. The number of nitrogens with one attached hydrogen (secondary N) is 1. The van der Waals surface area contributed by atoms with Gasteiger partial charge in [0, 0.05) is 39.5 Å². The highest BCUT2D eigenvalue weighted by atomic mass is 16.5. The molecule has 3 heterocycles. The van der Waals surface area contributed by atoms with Crippen LogP contribution < -0.4 is 16.0 Å². The Hall–Kier alpha value is -2.97. The Morgan fingerprint density at radius 1 is 1.21 bits per heavy atom. The van der Waals surface area contributed by atoms with Crippen LogP contribution in [0, 0.1) is 0 Å². The first kappa shape index (κ1) is 19.4. The summed E-state index contributed by atoms with van der Waals surface area (Å²) in [6.07, 6.45) is 1.73. The standard InChI is InChI=1S/C21H27N7O/c1-14(16-11-18(27(2)26-16)15-7-5-4-6-8-15)24-17-12-28(13-19(17)29-3)20-9-10-23-21(22)25-20/h4-11,14,17,19,24H,12-13H2,1-3H3,(H2,22,23,25)/t14?,17-,19+/m0/s1. The maximum atomic E-state index is 5.74. The lowest BCUT2D eigenvalue weighted by atomic mass is 10.1. The predicted molar refractivity (Wildman–Crippen MR) is 113 cm³/mol. The highest BCUT2D eigenvalue weighted by Crippen LogP contribution is 2.25. The van der Waals surface area contributed by atoms with Gasteiger partial charge >= 0.3 is 0 Å². The van der Waals surface area contributed by atoms with Gasteiger partial charge in [-0.25, -0.2) is 4.98 Å². The third-order valence-corrected chi connectivity index (χ3v) is 5.43. The topological polar surface area (TPSA) is 94.1 Å². The number of nitrogens with zero attached hydrogens (tertiary/aromatic N) is 5. The summed E-state index contributed by atoms with van der Waals surface area (Å²) in [6.45, 7) is 3.65. The zero-order chi connectivity index (χ0) is 20.4. The number of rotatable bonds is 6. The van der Waals surface area contributed by atoms with Crippen LogP contribution in [0.5, 0.6) is 0 Å². The SMILES string of the molecule is CO[C@@H]1CN(c2ccnc(N)n2)C[C@@H]1NC(C)c1cc(-c2ccccc2)n(C)n1. The summed E-state index contributed by atoms with van der Waals surface area (Å²) in [5.74, 6) is 1.10. The molecule has 0 radical (unpaired) electrons. The Kier molecular flexibility index (Phi) is 5.46. The van der Waals surface area contributed by atoms with Gasteiger partial charge in [0.15, 0.2) is 0 Å². The first-order valence-corrected chi connectivity index (χ1v) is 9.77. The van der Waals surface area contributed by atoms with E-state index < -0.39 is 0 Å². The Bertz CT molecular complexity index is 959. The van der Waals surface area contributed by atoms with Crippen molar-refractivity contribution in [1.82, 2.24) is 25.1 Å². The van der Waals surface area contributed by atoms with Crippen molar-refractivity contribution in [3.05, 3.63) is 54.4 Å².